The quantitative estimate of drug-likeness (QED) is 0.283. The Kier molecular flexibility index (Phi) is 5.78. The van der Waals surface area contributed by atoms with Crippen molar-refractivity contribution in [1.82, 2.24) is 34.5 Å². The Morgan fingerprint density at radius 3 is 2.37 bits per heavy atom. The fraction of sp³-hybridized carbons (Fsp3) is 0.0741. The Balaban J connectivity index is 1.49. The molecule has 3 aromatic carbocycles. The highest BCUT2D eigenvalue weighted by atomic mass is 32.2. The summed E-state index contributed by atoms with van der Waals surface area (Å²) in [4.78, 5) is 8.96. The summed E-state index contributed by atoms with van der Waals surface area (Å²) in [5, 5.41) is 15.4. The van der Waals surface area contributed by atoms with Crippen molar-refractivity contribution in [3.05, 3.63) is 104 Å². The normalized spacial score (nSPS) is 11.2. The maximum absolute atomic E-state index is 4.94. The van der Waals surface area contributed by atoms with Gasteiger partial charge in [0.1, 0.15) is 12.7 Å². The van der Waals surface area contributed by atoms with Gasteiger partial charge in [-0.3, -0.25) is 9.25 Å². The third-order valence-corrected chi connectivity index (χ3v) is 6.60. The molecule has 0 aliphatic carbocycles. The molecule has 0 aliphatic rings. The molecule has 0 fully saturated rings. The second-order valence-corrected chi connectivity index (χ2v) is 8.98. The SMILES string of the molecule is c1ccc(-c2cc(-c3nnc(SCCn4cncn4)n3-c3ccccc3)c3ccccc3n2)cc1. The average molecular weight is 476 g/mol. The van der Waals surface area contributed by atoms with E-state index in [4.69, 9.17) is 10.1 Å². The van der Waals surface area contributed by atoms with E-state index < -0.39 is 0 Å². The Morgan fingerprint density at radius 1 is 0.800 bits per heavy atom. The summed E-state index contributed by atoms with van der Waals surface area (Å²) in [6.07, 6.45) is 3.27. The molecule has 0 aliphatic heterocycles. The molecule has 170 valence electrons. The van der Waals surface area contributed by atoms with Crippen molar-refractivity contribution in [3.63, 3.8) is 0 Å². The predicted octanol–water partition coefficient (Wildman–Crippen LogP) is 5.53. The smallest absolute Gasteiger partial charge is 0.196 e. The molecule has 0 N–H and O–H groups in total. The van der Waals surface area contributed by atoms with Crippen molar-refractivity contribution < 1.29 is 0 Å². The van der Waals surface area contributed by atoms with Crippen LogP contribution in [0.3, 0.4) is 0 Å². The van der Waals surface area contributed by atoms with Crippen LogP contribution in [0.4, 0.5) is 0 Å². The lowest BCUT2D eigenvalue weighted by Crippen LogP contribution is -2.04. The van der Waals surface area contributed by atoms with Gasteiger partial charge in [0.05, 0.1) is 17.8 Å². The van der Waals surface area contributed by atoms with Gasteiger partial charge < -0.3 is 0 Å². The van der Waals surface area contributed by atoms with E-state index in [1.165, 1.54) is 0 Å². The number of thioether (sulfide) groups is 1. The molecular weight excluding hydrogens is 454 g/mol. The van der Waals surface area contributed by atoms with Gasteiger partial charge in [0.15, 0.2) is 11.0 Å². The van der Waals surface area contributed by atoms with Crippen molar-refractivity contribution in [1.29, 1.82) is 0 Å². The van der Waals surface area contributed by atoms with Crippen molar-refractivity contribution in [2.75, 3.05) is 5.75 Å². The summed E-state index contributed by atoms with van der Waals surface area (Å²) < 4.78 is 3.95. The number of rotatable bonds is 7. The fourth-order valence-electron chi connectivity index (χ4n) is 4.04. The Morgan fingerprint density at radius 2 is 1.57 bits per heavy atom. The minimum atomic E-state index is 0.734. The molecule has 6 aromatic rings. The number of hydrogen-bond acceptors (Lipinski definition) is 6. The molecule has 0 saturated carbocycles. The maximum atomic E-state index is 4.94. The van der Waals surface area contributed by atoms with Crippen LogP contribution >= 0.6 is 11.8 Å². The molecule has 0 saturated heterocycles. The van der Waals surface area contributed by atoms with E-state index in [9.17, 15) is 0 Å². The summed E-state index contributed by atoms with van der Waals surface area (Å²) in [5.41, 5.74) is 4.90. The van der Waals surface area contributed by atoms with Gasteiger partial charge in [0, 0.05) is 28.0 Å². The van der Waals surface area contributed by atoms with E-state index in [2.05, 4.69) is 56.1 Å². The monoisotopic (exact) mass is 475 g/mol. The maximum Gasteiger partial charge on any atom is 0.196 e. The highest BCUT2D eigenvalue weighted by Crippen LogP contribution is 2.34. The number of aromatic nitrogens is 7. The van der Waals surface area contributed by atoms with E-state index >= 15 is 0 Å². The van der Waals surface area contributed by atoms with E-state index in [0.29, 0.717) is 0 Å². The topological polar surface area (TPSA) is 74.3 Å². The van der Waals surface area contributed by atoms with Gasteiger partial charge in [0.2, 0.25) is 0 Å². The first-order chi connectivity index (χ1) is 17.4. The zero-order chi connectivity index (χ0) is 23.5. The molecule has 0 spiro atoms. The van der Waals surface area contributed by atoms with E-state index in [1.54, 1.807) is 24.4 Å². The van der Waals surface area contributed by atoms with Crippen molar-refractivity contribution in [2.24, 2.45) is 0 Å². The molecule has 3 heterocycles. The van der Waals surface area contributed by atoms with Crippen LogP contribution in [0, 0.1) is 0 Å². The van der Waals surface area contributed by atoms with Crippen LogP contribution in [0.25, 0.3) is 39.2 Å². The van der Waals surface area contributed by atoms with Crippen LogP contribution in [0.15, 0.2) is 109 Å². The van der Waals surface area contributed by atoms with Crippen LogP contribution in [-0.2, 0) is 6.54 Å². The molecule has 0 radical (unpaired) electrons. The second kappa shape index (κ2) is 9.52. The average Bonchev–Trinajstić information content (AvgIpc) is 3.59. The largest absolute Gasteiger partial charge is 0.270 e. The Hall–Kier alpha value is -4.30. The summed E-state index contributed by atoms with van der Waals surface area (Å²) >= 11 is 1.65. The Bertz CT molecular complexity index is 1560. The van der Waals surface area contributed by atoms with E-state index in [1.807, 2.05) is 59.3 Å². The van der Waals surface area contributed by atoms with Crippen LogP contribution in [0.2, 0.25) is 0 Å². The number of aryl methyl sites for hydroxylation is 1. The molecule has 0 amide bonds. The molecule has 3 aromatic heterocycles. The molecule has 0 atom stereocenters. The van der Waals surface area contributed by atoms with Crippen LogP contribution in [-0.4, -0.2) is 40.3 Å². The minimum absolute atomic E-state index is 0.734. The van der Waals surface area contributed by atoms with E-state index in [-0.39, 0.29) is 0 Å². The molecule has 6 rings (SSSR count). The Labute approximate surface area is 206 Å². The van der Waals surface area contributed by atoms with Gasteiger partial charge in [-0.15, -0.1) is 10.2 Å². The number of nitrogens with zero attached hydrogens (tertiary/aromatic N) is 7. The zero-order valence-electron chi connectivity index (χ0n) is 18.8. The first kappa shape index (κ1) is 21.2. The molecule has 0 unspecified atom stereocenters. The number of hydrogen-bond donors (Lipinski definition) is 0. The van der Waals surface area contributed by atoms with Crippen LogP contribution in [0.5, 0.6) is 0 Å². The van der Waals surface area contributed by atoms with Crippen LogP contribution < -0.4 is 0 Å². The molecule has 35 heavy (non-hydrogen) atoms. The molecular formula is C27H21N7S. The van der Waals surface area contributed by atoms with Crippen molar-refractivity contribution >= 4 is 22.7 Å². The molecule has 7 nitrogen and oxygen atoms in total. The molecule has 8 heteroatoms. The van der Waals surface area contributed by atoms with E-state index in [0.717, 1.165) is 56.7 Å². The number of fused-ring (bicyclic) bond motifs is 1. The zero-order valence-corrected chi connectivity index (χ0v) is 19.6. The standard InChI is InChI=1S/C27H21N7S/c1-3-9-20(10-4-1)25-17-23(22-13-7-8-14-24(22)30-25)26-31-32-27(34(26)21-11-5-2-6-12-21)35-16-15-33-19-28-18-29-33/h1-14,17-19H,15-16H2. The van der Waals surface area contributed by atoms with Crippen LogP contribution in [0.1, 0.15) is 0 Å². The van der Waals surface area contributed by atoms with Crippen molar-refractivity contribution in [3.8, 4) is 28.3 Å². The number of pyridine rings is 1. The highest BCUT2D eigenvalue weighted by molar-refractivity contribution is 7.99. The lowest BCUT2D eigenvalue weighted by Gasteiger charge is -2.13. The fourth-order valence-corrected chi connectivity index (χ4v) is 4.92. The first-order valence-corrected chi connectivity index (χ1v) is 12.3. The number of para-hydroxylation sites is 2. The van der Waals surface area contributed by atoms with Gasteiger partial charge in [-0.25, -0.2) is 9.97 Å². The second-order valence-electron chi connectivity index (χ2n) is 7.92. The highest BCUT2D eigenvalue weighted by Gasteiger charge is 2.19. The van der Waals surface area contributed by atoms with Gasteiger partial charge in [0.25, 0.3) is 0 Å². The third-order valence-electron chi connectivity index (χ3n) is 5.69. The summed E-state index contributed by atoms with van der Waals surface area (Å²) in [6.45, 7) is 0.734. The number of benzene rings is 3. The van der Waals surface area contributed by atoms with Gasteiger partial charge in [-0.2, -0.15) is 5.10 Å². The van der Waals surface area contributed by atoms with Gasteiger partial charge in [-0.05, 0) is 24.3 Å². The van der Waals surface area contributed by atoms with Crippen molar-refractivity contribution in [2.45, 2.75) is 11.7 Å². The lowest BCUT2D eigenvalue weighted by atomic mass is 10.0. The first-order valence-electron chi connectivity index (χ1n) is 11.3. The summed E-state index contributed by atoms with van der Waals surface area (Å²) in [6, 6.07) is 30.8. The van der Waals surface area contributed by atoms with Gasteiger partial charge >= 0.3 is 0 Å². The van der Waals surface area contributed by atoms with Gasteiger partial charge in [-0.1, -0.05) is 78.5 Å². The molecule has 0 bridgehead atoms. The predicted molar refractivity (Wildman–Crippen MR) is 138 cm³/mol. The third kappa shape index (κ3) is 4.31. The summed E-state index contributed by atoms with van der Waals surface area (Å²) in [5.74, 6) is 1.58. The summed E-state index contributed by atoms with van der Waals surface area (Å²) in [7, 11) is 0. The minimum Gasteiger partial charge on any atom is -0.270 e. The lowest BCUT2D eigenvalue weighted by molar-refractivity contribution is 0.663.